The molecule has 0 aliphatic heterocycles. The molecule has 0 bridgehead atoms. The highest BCUT2D eigenvalue weighted by Crippen LogP contribution is 2.41. The predicted octanol–water partition coefficient (Wildman–Crippen LogP) is 13.0. The lowest BCUT2D eigenvalue weighted by Gasteiger charge is -2.17. The molecule has 0 radical (unpaired) electrons. The molecule has 60 heavy (non-hydrogen) atoms. The molecule has 8 nitrogen and oxygen atoms in total. The summed E-state index contributed by atoms with van der Waals surface area (Å²) in [5.74, 6) is 0.673. The van der Waals surface area contributed by atoms with Crippen LogP contribution in [-0.2, 0) is 0 Å². The Kier molecular flexibility index (Phi) is 8.23. The van der Waals surface area contributed by atoms with E-state index in [0.29, 0.717) is 33.9 Å². The molecule has 0 amide bonds. The van der Waals surface area contributed by atoms with E-state index in [-0.39, 0.29) is 0 Å². The monoisotopic (exact) mass is 762 g/mol. The Morgan fingerprint density at radius 1 is 0.467 bits per heavy atom. The number of nitriles is 3. The predicted molar refractivity (Wildman–Crippen MR) is 236 cm³/mol. The highest BCUT2D eigenvalue weighted by molar-refractivity contribution is 6.12. The van der Waals surface area contributed by atoms with E-state index in [9.17, 15) is 15.8 Å². The van der Waals surface area contributed by atoms with Crippen molar-refractivity contribution in [2.75, 3.05) is 0 Å². The molecule has 0 unspecified atom stereocenters. The Morgan fingerprint density at radius 2 is 1.05 bits per heavy atom. The first-order chi connectivity index (χ1) is 29.5. The molecule has 0 saturated heterocycles. The van der Waals surface area contributed by atoms with Gasteiger partial charge in [0.2, 0.25) is 0 Å². The van der Waals surface area contributed by atoms with Crippen LogP contribution in [0.15, 0.2) is 158 Å². The van der Waals surface area contributed by atoms with E-state index in [1.165, 1.54) is 0 Å². The van der Waals surface area contributed by atoms with E-state index in [4.69, 9.17) is 18.1 Å². The molecule has 0 spiro atoms. The molecular weight excluding hydrogens is 737 g/mol. The molecule has 3 aromatic heterocycles. The molecule has 0 N–H and O–H groups in total. The molecule has 8 heteroatoms. The highest BCUT2D eigenvalue weighted by atomic mass is 15.1. The van der Waals surface area contributed by atoms with Crippen LogP contribution in [0.1, 0.15) is 16.7 Å². The molecule has 0 aliphatic rings. The smallest absolute Gasteiger partial charge is 0.196 e. The molecule has 0 aliphatic carbocycles. The third-order valence-corrected chi connectivity index (χ3v) is 11.1. The van der Waals surface area contributed by atoms with Crippen molar-refractivity contribution in [2.24, 2.45) is 0 Å². The Hall–Kier alpha value is -9.26. The van der Waals surface area contributed by atoms with E-state index in [1.54, 1.807) is 24.3 Å². The quantitative estimate of drug-likeness (QED) is 0.163. The number of benzene rings is 7. The van der Waals surface area contributed by atoms with Crippen LogP contribution in [0.3, 0.4) is 0 Å². The third-order valence-electron chi connectivity index (χ3n) is 11.1. The zero-order valence-electron chi connectivity index (χ0n) is 31.6. The molecule has 0 atom stereocenters. The van der Waals surface area contributed by atoms with Crippen LogP contribution in [0.5, 0.6) is 0 Å². The Morgan fingerprint density at radius 3 is 1.70 bits per heavy atom. The first-order valence-corrected chi connectivity index (χ1v) is 18.9. The first-order valence-electron chi connectivity index (χ1n) is 18.9. The lowest BCUT2D eigenvalue weighted by molar-refractivity contribution is 1.06. The summed E-state index contributed by atoms with van der Waals surface area (Å²) in [6.45, 7) is 15.4. The fourth-order valence-electron chi connectivity index (χ4n) is 8.36. The minimum Gasteiger partial charge on any atom is -0.307 e. The van der Waals surface area contributed by atoms with E-state index in [2.05, 4.69) is 91.6 Å². The van der Waals surface area contributed by atoms with Crippen LogP contribution < -0.4 is 0 Å². The van der Waals surface area contributed by atoms with Gasteiger partial charge in [0.15, 0.2) is 11.4 Å². The lowest BCUT2D eigenvalue weighted by atomic mass is 9.98. The van der Waals surface area contributed by atoms with Crippen LogP contribution in [-0.4, -0.2) is 14.1 Å². The summed E-state index contributed by atoms with van der Waals surface area (Å²) >= 11 is 0. The van der Waals surface area contributed by atoms with Gasteiger partial charge in [0, 0.05) is 38.2 Å². The van der Waals surface area contributed by atoms with Gasteiger partial charge in [0.25, 0.3) is 0 Å². The summed E-state index contributed by atoms with van der Waals surface area (Å²) in [4.78, 5) is 12.5. The van der Waals surface area contributed by atoms with Crippen molar-refractivity contribution in [1.29, 1.82) is 15.8 Å². The van der Waals surface area contributed by atoms with Crippen LogP contribution in [0.2, 0.25) is 0 Å². The lowest BCUT2D eigenvalue weighted by Crippen LogP contribution is -2.03. The average Bonchev–Trinajstić information content (AvgIpc) is 3.82. The van der Waals surface area contributed by atoms with E-state index < -0.39 is 0 Å². The number of aromatic nitrogens is 3. The standard InChI is InChI=1S/C52H26N8/c1-56-38-18-22-39(37(24-38)30-55)35-16-20-43-41-7-3-5-9-47(41)59(49(43)25-35)51-31-58-52(27-45(51)34-14-11-32(28-53)12-15-34)60-48-10-6-4-8-42(48)44-21-17-36(26-50(44)60)40-19-13-33(29-54)23-46(40)57-2/h3-27,31H. The third kappa shape index (κ3) is 5.53. The van der Waals surface area contributed by atoms with Crippen molar-refractivity contribution in [3.63, 3.8) is 0 Å². The van der Waals surface area contributed by atoms with Gasteiger partial charge < -0.3 is 4.57 Å². The van der Waals surface area contributed by atoms with Gasteiger partial charge in [-0.15, -0.1) is 0 Å². The molecule has 274 valence electrons. The first kappa shape index (κ1) is 35.2. The number of pyridine rings is 1. The topological polar surface area (TPSA) is 103 Å². The van der Waals surface area contributed by atoms with Crippen molar-refractivity contribution in [2.45, 2.75) is 0 Å². The summed E-state index contributed by atoms with van der Waals surface area (Å²) in [6, 6.07) is 55.5. The van der Waals surface area contributed by atoms with E-state index in [0.717, 1.165) is 82.7 Å². The maximum Gasteiger partial charge on any atom is 0.196 e. The molecule has 3 heterocycles. The van der Waals surface area contributed by atoms with Gasteiger partial charge in [-0.3, -0.25) is 4.57 Å². The molecule has 0 saturated carbocycles. The van der Waals surface area contributed by atoms with E-state index >= 15 is 0 Å². The maximum absolute atomic E-state index is 10.1. The van der Waals surface area contributed by atoms with Gasteiger partial charge in [0.1, 0.15) is 5.82 Å². The fourth-order valence-corrected chi connectivity index (χ4v) is 8.36. The maximum atomic E-state index is 10.1. The Balaban J connectivity index is 1.25. The van der Waals surface area contributed by atoms with Crippen molar-refractivity contribution < 1.29 is 0 Å². The summed E-state index contributed by atoms with van der Waals surface area (Å²) in [7, 11) is 0. The molecule has 0 fully saturated rings. The van der Waals surface area contributed by atoms with Crippen molar-refractivity contribution in [1.82, 2.24) is 14.1 Å². The summed E-state index contributed by atoms with van der Waals surface area (Å²) in [6.07, 6.45) is 1.90. The normalized spacial score (nSPS) is 10.9. The SMILES string of the molecule is [C-]#[N+]c1ccc(-c2ccc3c4ccccc4n(-c4cnc(-n5c6ccccc6c6ccc(-c7ccc(C#N)cc7[N+]#[C-])cc65)cc4-c4ccc(C#N)cc4)c3c2)c(C#N)c1. The van der Waals surface area contributed by atoms with Crippen molar-refractivity contribution >= 4 is 55.0 Å². The van der Waals surface area contributed by atoms with Gasteiger partial charge in [-0.2, -0.15) is 15.8 Å². The van der Waals surface area contributed by atoms with Crippen molar-refractivity contribution in [3.8, 4) is 63.1 Å². The van der Waals surface area contributed by atoms with Gasteiger partial charge >= 0.3 is 0 Å². The number of rotatable bonds is 5. The number of hydrogen-bond acceptors (Lipinski definition) is 4. The summed E-state index contributed by atoms with van der Waals surface area (Å²) in [5, 5.41) is 33.5. The van der Waals surface area contributed by atoms with Crippen LogP contribution in [0, 0.1) is 47.1 Å². The number of nitrogens with zero attached hydrogens (tertiary/aromatic N) is 8. The minimum absolute atomic E-state index is 0.403. The molecule has 10 rings (SSSR count). The second-order valence-corrected chi connectivity index (χ2v) is 14.3. The van der Waals surface area contributed by atoms with Crippen LogP contribution in [0.4, 0.5) is 11.4 Å². The average molecular weight is 763 g/mol. The highest BCUT2D eigenvalue weighted by Gasteiger charge is 2.21. The second-order valence-electron chi connectivity index (χ2n) is 14.3. The van der Waals surface area contributed by atoms with E-state index in [1.807, 2.05) is 79.0 Å². The Labute approximate surface area is 344 Å². The largest absolute Gasteiger partial charge is 0.307 e. The molecule has 10 aromatic rings. The minimum atomic E-state index is 0.403. The van der Waals surface area contributed by atoms with Crippen LogP contribution in [0.25, 0.3) is 98.2 Å². The zero-order chi connectivity index (χ0) is 40.9. The number of fused-ring (bicyclic) bond motifs is 6. The zero-order valence-corrected chi connectivity index (χ0v) is 31.6. The molecule has 7 aromatic carbocycles. The van der Waals surface area contributed by atoms with Gasteiger partial charge in [0.05, 0.1) is 70.9 Å². The van der Waals surface area contributed by atoms with Gasteiger partial charge in [-0.1, -0.05) is 91.0 Å². The van der Waals surface area contributed by atoms with Gasteiger partial charge in [-0.05, 0) is 88.5 Å². The van der Waals surface area contributed by atoms with Crippen LogP contribution >= 0.6 is 0 Å². The fraction of sp³-hybridized carbons (Fsp3) is 0. The summed E-state index contributed by atoms with van der Waals surface area (Å²) in [5.41, 5.74) is 11.7. The molecular formula is C52H26N8. The number of para-hydroxylation sites is 2. The number of hydrogen-bond donors (Lipinski definition) is 0. The second kappa shape index (κ2) is 14.0. The van der Waals surface area contributed by atoms with Crippen molar-refractivity contribution in [3.05, 3.63) is 197 Å². The Bertz CT molecular complexity index is 3660. The van der Waals surface area contributed by atoms with Gasteiger partial charge in [-0.25, -0.2) is 14.7 Å². The summed E-state index contributed by atoms with van der Waals surface area (Å²) < 4.78 is 4.35.